The molecule has 1 aromatic carbocycles. The Morgan fingerprint density at radius 3 is 2.92 bits per heavy atom. The molecule has 0 aliphatic heterocycles. The Morgan fingerprint density at radius 1 is 1.33 bits per heavy atom. The molecule has 2 bridgehead atoms. The van der Waals surface area contributed by atoms with Gasteiger partial charge in [-0.25, -0.2) is 0 Å². The van der Waals surface area contributed by atoms with E-state index in [9.17, 15) is 4.79 Å². The van der Waals surface area contributed by atoms with E-state index in [0.29, 0.717) is 12.3 Å². The number of hydrogen-bond donors (Lipinski definition) is 3. The predicted molar refractivity (Wildman–Crippen MR) is 96.5 cm³/mol. The number of nitrogens with one attached hydrogen (secondary N) is 2. The second kappa shape index (κ2) is 6.25. The number of H-pyrrole nitrogens is 1. The van der Waals surface area contributed by atoms with Gasteiger partial charge in [-0.2, -0.15) is 0 Å². The van der Waals surface area contributed by atoms with Gasteiger partial charge in [0.1, 0.15) is 0 Å². The van der Waals surface area contributed by atoms with Crippen molar-refractivity contribution in [1.82, 2.24) is 10.3 Å². The summed E-state index contributed by atoms with van der Waals surface area (Å²) >= 11 is 0. The quantitative estimate of drug-likeness (QED) is 0.791. The third-order valence-electron chi connectivity index (χ3n) is 6.26. The molecule has 2 aliphatic carbocycles. The van der Waals surface area contributed by atoms with E-state index < -0.39 is 6.04 Å². The van der Waals surface area contributed by atoms with Crippen LogP contribution in [-0.2, 0) is 11.2 Å². The molecule has 4 N–H and O–H groups in total. The summed E-state index contributed by atoms with van der Waals surface area (Å²) in [5.74, 6) is 2.35. The first-order chi connectivity index (χ1) is 11.6. The molecule has 128 valence electrons. The summed E-state index contributed by atoms with van der Waals surface area (Å²) in [4.78, 5) is 15.8. The van der Waals surface area contributed by atoms with Crippen molar-refractivity contribution in [3.63, 3.8) is 0 Å². The van der Waals surface area contributed by atoms with Crippen LogP contribution in [0.2, 0.25) is 0 Å². The number of amides is 1. The smallest absolute Gasteiger partial charge is 0.237 e. The number of rotatable bonds is 5. The number of carbonyl (C=O) groups excluding carboxylic acids is 1. The zero-order valence-corrected chi connectivity index (χ0v) is 14.3. The van der Waals surface area contributed by atoms with Crippen LogP contribution in [0.1, 0.15) is 38.2 Å². The average molecular weight is 325 g/mol. The summed E-state index contributed by atoms with van der Waals surface area (Å²) in [7, 11) is 0. The number of para-hydroxylation sites is 1. The van der Waals surface area contributed by atoms with Crippen LogP contribution in [0.3, 0.4) is 0 Å². The van der Waals surface area contributed by atoms with Crippen molar-refractivity contribution in [3.05, 3.63) is 36.0 Å². The molecule has 4 rings (SSSR count). The molecule has 0 radical (unpaired) electrons. The standard InChI is InChI=1S/C20H27N3O/c1-12(17-9-13-6-7-14(17)8-13)23-20(24)18(21)10-15-11-22-19-5-3-2-4-16(15)19/h2-5,11-14,17-18,22H,6-10,21H2,1H3,(H,23,24)/t12?,13?,14?,17?,18-/m0/s1. The second-order valence-electron chi connectivity index (χ2n) is 7.81. The van der Waals surface area contributed by atoms with Gasteiger partial charge in [0.05, 0.1) is 6.04 Å². The van der Waals surface area contributed by atoms with Crippen LogP contribution in [0, 0.1) is 17.8 Å². The van der Waals surface area contributed by atoms with Gasteiger partial charge in [-0.1, -0.05) is 24.6 Å². The fraction of sp³-hybridized carbons (Fsp3) is 0.550. The SMILES string of the molecule is CC(NC(=O)[C@@H](N)Cc1c[nH]c2ccccc12)C1CC2CCC1C2. The molecule has 1 aromatic heterocycles. The van der Waals surface area contributed by atoms with Crippen LogP contribution in [0.4, 0.5) is 0 Å². The van der Waals surface area contributed by atoms with E-state index in [0.717, 1.165) is 28.3 Å². The number of aromatic nitrogens is 1. The maximum absolute atomic E-state index is 12.5. The highest BCUT2D eigenvalue weighted by Crippen LogP contribution is 2.49. The molecule has 24 heavy (non-hydrogen) atoms. The first-order valence-electron chi connectivity index (χ1n) is 9.22. The van der Waals surface area contributed by atoms with Gasteiger partial charge in [0, 0.05) is 23.1 Å². The number of aromatic amines is 1. The minimum Gasteiger partial charge on any atom is -0.361 e. The van der Waals surface area contributed by atoms with Crippen molar-refractivity contribution in [2.24, 2.45) is 23.5 Å². The topological polar surface area (TPSA) is 70.9 Å². The molecule has 0 spiro atoms. The molecule has 2 saturated carbocycles. The van der Waals surface area contributed by atoms with Crippen molar-refractivity contribution in [3.8, 4) is 0 Å². The van der Waals surface area contributed by atoms with Crippen LogP contribution in [0.15, 0.2) is 30.5 Å². The third kappa shape index (κ3) is 2.84. The van der Waals surface area contributed by atoms with Gasteiger partial charge >= 0.3 is 0 Å². The van der Waals surface area contributed by atoms with E-state index in [-0.39, 0.29) is 11.9 Å². The van der Waals surface area contributed by atoms with E-state index in [4.69, 9.17) is 5.73 Å². The van der Waals surface area contributed by atoms with Crippen LogP contribution in [0.25, 0.3) is 10.9 Å². The summed E-state index contributed by atoms with van der Waals surface area (Å²) in [5, 5.41) is 4.35. The molecule has 2 aromatic rings. The number of carbonyl (C=O) groups is 1. The minimum atomic E-state index is -0.495. The Kier molecular flexibility index (Phi) is 4.09. The van der Waals surface area contributed by atoms with Gasteiger partial charge < -0.3 is 16.0 Å². The van der Waals surface area contributed by atoms with E-state index in [1.165, 1.54) is 25.7 Å². The highest BCUT2D eigenvalue weighted by atomic mass is 16.2. The van der Waals surface area contributed by atoms with Gasteiger partial charge in [0.25, 0.3) is 0 Å². The average Bonchev–Trinajstić information content (AvgIpc) is 3.30. The Hall–Kier alpha value is -1.81. The van der Waals surface area contributed by atoms with Crippen molar-refractivity contribution >= 4 is 16.8 Å². The molecule has 5 atom stereocenters. The molecule has 2 fully saturated rings. The van der Waals surface area contributed by atoms with Gasteiger partial charge in [-0.3, -0.25) is 4.79 Å². The number of nitrogens with two attached hydrogens (primary N) is 1. The molecule has 4 heteroatoms. The van der Waals surface area contributed by atoms with Crippen LogP contribution in [0.5, 0.6) is 0 Å². The molecule has 1 heterocycles. The van der Waals surface area contributed by atoms with Crippen molar-refractivity contribution in [2.75, 3.05) is 0 Å². The Balaban J connectivity index is 1.37. The summed E-state index contributed by atoms with van der Waals surface area (Å²) in [6.45, 7) is 2.15. The summed E-state index contributed by atoms with van der Waals surface area (Å²) in [5.41, 5.74) is 8.40. The fourth-order valence-corrected chi connectivity index (χ4v) is 4.97. The van der Waals surface area contributed by atoms with Crippen molar-refractivity contribution in [1.29, 1.82) is 0 Å². The molecule has 4 unspecified atom stereocenters. The summed E-state index contributed by atoms with van der Waals surface area (Å²) in [6, 6.07) is 7.88. The van der Waals surface area contributed by atoms with E-state index >= 15 is 0 Å². The van der Waals surface area contributed by atoms with Crippen molar-refractivity contribution in [2.45, 2.75) is 51.1 Å². The third-order valence-corrected chi connectivity index (χ3v) is 6.26. The highest BCUT2D eigenvalue weighted by molar-refractivity contribution is 5.86. The molecule has 1 amide bonds. The van der Waals surface area contributed by atoms with Gasteiger partial charge in [0.2, 0.25) is 5.91 Å². The first-order valence-corrected chi connectivity index (χ1v) is 9.22. The first kappa shape index (κ1) is 15.7. The van der Waals surface area contributed by atoms with Crippen LogP contribution < -0.4 is 11.1 Å². The van der Waals surface area contributed by atoms with Gasteiger partial charge in [0.15, 0.2) is 0 Å². The largest absolute Gasteiger partial charge is 0.361 e. The maximum Gasteiger partial charge on any atom is 0.237 e. The lowest BCUT2D eigenvalue weighted by Crippen LogP contribution is -2.48. The zero-order valence-electron chi connectivity index (χ0n) is 14.3. The van der Waals surface area contributed by atoms with Crippen LogP contribution in [-0.4, -0.2) is 23.0 Å². The molecular weight excluding hydrogens is 298 g/mol. The Labute approximate surface area is 143 Å². The Morgan fingerprint density at radius 2 is 2.17 bits per heavy atom. The number of hydrogen-bond acceptors (Lipinski definition) is 2. The van der Waals surface area contributed by atoms with Gasteiger partial charge in [-0.15, -0.1) is 0 Å². The van der Waals surface area contributed by atoms with Crippen molar-refractivity contribution < 1.29 is 4.79 Å². The fourth-order valence-electron chi connectivity index (χ4n) is 4.97. The summed E-state index contributed by atoms with van der Waals surface area (Å²) in [6.07, 6.45) is 7.92. The molecule has 2 aliphatic rings. The number of benzene rings is 1. The minimum absolute atomic E-state index is 0.0180. The zero-order chi connectivity index (χ0) is 16.7. The normalized spacial score (nSPS) is 28.2. The lowest BCUT2D eigenvalue weighted by molar-refractivity contribution is -0.123. The predicted octanol–water partition coefficient (Wildman–Crippen LogP) is 2.98. The van der Waals surface area contributed by atoms with E-state index in [1.54, 1.807) is 0 Å². The Bertz CT molecular complexity index is 737. The molecule has 0 saturated heterocycles. The maximum atomic E-state index is 12.5. The monoisotopic (exact) mass is 325 g/mol. The highest BCUT2D eigenvalue weighted by Gasteiger charge is 2.42. The lowest BCUT2D eigenvalue weighted by Gasteiger charge is -2.29. The second-order valence-corrected chi connectivity index (χ2v) is 7.81. The lowest BCUT2D eigenvalue weighted by atomic mass is 9.84. The van der Waals surface area contributed by atoms with E-state index in [2.05, 4.69) is 23.3 Å². The molecule has 4 nitrogen and oxygen atoms in total. The summed E-state index contributed by atoms with van der Waals surface area (Å²) < 4.78 is 0. The number of fused-ring (bicyclic) bond motifs is 3. The van der Waals surface area contributed by atoms with Crippen LogP contribution >= 0.6 is 0 Å². The molecular formula is C20H27N3O. The van der Waals surface area contributed by atoms with Gasteiger partial charge in [-0.05, 0) is 62.0 Å². The van der Waals surface area contributed by atoms with E-state index in [1.807, 2.05) is 24.4 Å².